The highest BCUT2D eigenvalue weighted by Gasteiger charge is 2.40. The Morgan fingerprint density at radius 3 is 2.65 bits per heavy atom. The van der Waals surface area contributed by atoms with E-state index in [0.717, 1.165) is 16.5 Å². The van der Waals surface area contributed by atoms with Gasteiger partial charge in [-0.2, -0.15) is 4.98 Å². The summed E-state index contributed by atoms with van der Waals surface area (Å²) in [5.74, 6) is 2.06. The molecule has 0 unspecified atom stereocenters. The Kier molecular flexibility index (Phi) is 7.73. The number of aliphatic hydroxyl groups excluding tert-OH is 1. The van der Waals surface area contributed by atoms with Crippen molar-refractivity contribution in [3.63, 3.8) is 0 Å². The lowest BCUT2D eigenvalue weighted by Crippen LogP contribution is -2.57. The minimum absolute atomic E-state index is 0.00392. The molecular weight excluding hydrogens is 599 g/mol. The van der Waals surface area contributed by atoms with Crippen LogP contribution in [0, 0.1) is 5.92 Å². The maximum absolute atomic E-state index is 14.8. The van der Waals surface area contributed by atoms with Crippen LogP contribution in [0.1, 0.15) is 45.6 Å². The van der Waals surface area contributed by atoms with Gasteiger partial charge in [-0.25, -0.2) is 22.8 Å². The summed E-state index contributed by atoms with van der Waals surface area (Å²) in [5, 5.41) is 15.4. The van der Waals surface area contributed by atoms with E-state index in [4.69, 9.17) is 4.98 Å². The first-order valence-corrected chi connectivity index (χ1v) is 16.4. The molecule has 2 N–H and O–H groups in total. The van der Waals surface area contributed by atoms with Gasteiger partial charge >= 0.3 is 0 Å². The summed E-state index contributed by atoms with van der Waals surface area (Å²) < 4.78 is 39.1. The van der Waals surface area contributed by atoms with Crippen molar-refractivity contribution in [3.05, 3.63) is 40.6 Å². The van der Waals surface area contributed by atoms with E-state index in [-0.39, 0.29) is 30.2 Å². The van der Waals surface area contributed by atoms with Crippen molar-refractivity contribution in [2.75, 3.05) is 46.8 Å². The molecule has 0 spiro atoms. The Balaban J connectivity index is 1.44. The molecule has 0 aliphatic carbocycles. The predicted octanol–water partition coefficient (Wildman–Crippen LogP) is 4.82. The number of hydrogen-bond acceptors (Lipinski definition) is 9. The van der Waals surface area contributed by atoms with Crippen LogP contribution in [0.4, 0.5) is 27.7 Å². The van der Waals surface area contributed by atoms with Crippen molar-refractivity contribution in [1.82, 2.24) is 15.0 Å². The molecule has 0 saturated carbocycles. The van der Waals surface area contributed by atoms with E-state index < -0.39 is 21.6 Å². The zero-order chi connectivity index (χ0) is 29.0. The second-order valence-electron chi connectivity index (χ2n) is 11.7. The molecule has 9 nitrogen and oxygen atoms in total. The molecule has 3 aromatic rings. The van der Waals surface area contributed by atoms with Gasteiger partial charge in [-0.1, -0.05) is 19.9 Å². The lowest BCUT2D eigenvalue weighted by atomic mass is 9.88. The summed E-state index contributed by atoms with van der Waals surface area (Å²) in [4.78, 5) is 17.7. The first-order valence-electron chi connectivity index (χ1n) is 13.5. The molecule has 4 atom stereocenters. The zero-order valence-corrected chi connectivity index (χ0v) is 25.8. The van der Waals surface area contributed by atoms with E-state index in [0.29, 0.717) is 41.6 Å². The van der Waals surface area contributed by atoms with Crippen molar-refractivity contribution >= 4 is 59.8 Å². The van der Waals surface area contributed by atoms with Crippen molar-refractivity contribution in [2.24, 2.45) is 5.92 Å². The van der Waals surface area contributed by atoms with Gasteiger partial charge in [0.05, 0.1) is 22.9 Å². The van der Waals surface area contributed by atoms with Crippen LogP contribution in [0.15, 0.2) is 35.1 Å². The minimum Gasteiger partial charge on any atom is -0.390 e. The summed E-state index contributed by atoms with van der Waals surface area (Å²) >= 11 is 3.51. The molecular formula is C28H36BrFN6O3S. The largest absolute Gasteiger partial charge is 0.390 e. The Morgan fingerprint density at radius 1 is 1.25 bits per heavy atom. The van der Waals surface area contributed by atoms with Gasteiger partial charge in [-0.05, 0) is 65.2 Å². The topological polar surface area (TPSA) is 112 Å². The van der Waals surface area contributed by atoms with Gasteiger partial charge in [0.2, 0.25) is 5.95 Å². The maximum Gasteiger partial charge on any atom is 0.227 e. The van der Waals surface area contributed by atoms with Gasteiger partial charge < -0.3 is 20.2 Å². The number of halogens is 2. The standard InChI is InChI=1S/C28H36BrFN6O3S/c1-16(2)19-6-7-23(36-13-18(17(36)3)14-40(5,38)39)21-11-31-25(10-20(19)21)33-26-22(29)12-32-27(34-26)35-9-8-24(37)28(4,30)15-35/h6-7,10-12,16-18,24,37H,8-9,13-15H2,1-5H3,(H,31,32,33,34)/t17-,18-,24-,28+/m1/s1. The van der Waals surface area contributed by atoms with Crippen molar-refractivity contribution < 1.29 is 17.9 Å². The lowest BCUT2D eigenvalue weighted by Gasteiger charge is -2.48. The third-order valence-corrected chi connectivity index (χ3v) is 9.71. The maximum atomic E-state index is 14.8. The van der Waals surface area contributed by atoms with Crippen LogP contribution < -0.4 is 15.1 Å². The Morgan fingerprint density at radius 2 is 2.00 bits per heavy atom. The number of hydrogen-bond donors (Lipinski definition) is 2. The van der Waals surface area contributed by atoms with Crippen LogP contribution in [0.25, 0.3) is 10.8 Å². The smallest absolute Gasteiger partial charge is 0.227 e. The van der Waals surface area contributed by atoms with E-state index in [1.807, 2.05) is 12.3 Å². The number of nitrogens with zero attached hydrogens (tertiary/aromatic N) is 5. The van der Waals surface area contributed by atoms with Crippen LogP contribution in [0.3, 0.4) is 0 Å². The van der Waals surface area contributed by atoms with Crippen LogP contribution >= 0.6 is 15.9 Å². The van der Waals surface area contributed by atoms with E-state index in [1.54, 1.807) is 11.1 Å². The highest BCUT2D eigenvalue weighted by molar-refractivity contribution is 9.10. The molecule has 2 aliphatic heterocycles. The summed E-state index contributed by atoms with van der Waals surface area (Å²) in [6, 6.07) is 6.37. The minimum atomic E-state index is -3.04. The number of aromatic nitrogens is 3. The van der Waals surface area contributed by atoms with Crippen LogP contribution in [0.2, 0.25) is 0 Å². The molecule has 40 heavy (non-hydrogen) atoms. The molecule has 2 aliphatic rings. The van der Waals surface area contributed by atoms with Gasteiger partial charge in [0.25, 0.3) is 0 Å². The van der Waals surface area contributed by atoms with Gasteiger partial charge in [-0.3, -0.25) is 0 Å². The first-order chi connectivity index (χ1) is 18.7. The van der Waals surface area contributed by atoms with E-state index in [2.05, 4.69) is 69.0 Å². The van der Waals surface area contributed by atoms with Crippen molar-refractivity contribution in [1.29, 1.82) is 0 Å². The second kappa shape index (κ2) is 10.7. The number of rotatable bonds is 7. The molecule has 2 aromatic heterocycles. The Labute approximate surface area is 243 Å². The second-order valence-corrected chi connectivity index (χ2v) is 14.7. The summed E-state index contributed by atoms with van der Waals surface area (Å²) in [5.41, 5.74) is 0.482. The van der Waals surface area contributed by atoms with E-state index in [1.165, 1.54) is 18.7 Å². The average Bonchev–Trinajstić information content (AvgIpc) is 2.87. The quantitative estimate of drug-likeness (QED) is 0.378. The molecule has 2 fully saturated rings. The molecule has 2 saturated heterocycles. The highest BCUT2D eigenvalue weighted by atomic mass is 79.9. The molecule has 12 heteroatoms. The van der Waals surface area contributed by atoms with Crippen LogP contribution in [-0.2, 0) is 9.84 Å². The summed E-state index contributed by atoms with van der Waals surface area (Å²) in [6.07, 6.45) is 4.06. The van der Waals surface area contributed by atoms with E-state index in [9.17, 15) is 17.9 Å². The van der Waals surface area contributed by atoms with Crippen LogP contribution in [-0.4, -0.2) is 77.9 Å². The fourth-order valence-electron chi connectivity index (χ4n) is 5.68. The highest BCUT2D eigenvalue weighted by Crippen LogP contribution is 2.40. The third-order valence-electron chi connectivity index (χ3n) is 8.09. The number of pyridine rings is 1. The van der Waals surface area contributed by atoms with E-state index >= 15 is 0 Å². The predicted molar refractivity (Wildman–Crippen MR) is 161 cm³/mol. The number of piperidine rings is 1. The number of aliphatic hydroxyl groups is 1. The van der Waals surface area contributed by atoms with Gasteiger partial charge in [-0.15, -0.1) is 0 Å². The average molecular weight is 636 g/mol. The van der Waals surface area contributed by atoms with Crippen LogP contribution in [0.5, 0.6) is 0 Å². The molecule has 1 aromatic carbocycles. The normalized spacial score (nSPS) is 25.4. The number of alkyl halides is 1. The molecule has 0 amide bonds. The number of anilines is 4. The number of fused-ring (bicyclic) bond motifs is 1. The Bertz CT molecular complexity index is 1540. The van der Waals surface area contributed by atoms with Gasteiger partial charge in [0, 0.05) is 54.8 Å². The zero-order valence-electron chi connectivity index (χ0n) is 23.4. The number of nitrogens with one attached hydrogen (secondary N) is 1. The monoisotopic (exact) mass is 634 g/mol. The van der Waals surface area contributed by atoms with Gasteiger partial charge in [0.15, 0.2) is 11.5 Å². The molecule has 216 valence electrons. The molecule has 5 rings (SSSR count). The SMILES string of the molecule is CC(C)c1ccc(N2C[C@H](CS(C)(=O)=O)[C@H]2C)c2cnc(Nc3nc(N4CC[C@@H](O)[C@@](C)(F)C4)ncc3Br)cc12. The first kappa shape index (κ1) is 28.9. The van der Waals surface area contributed by atoms with Gasteiger partial charge in [0.1, 0.15) is 15.7 Å². The summed E-state index contributed by atoms with van der Waals surface area (Å²) in [6.45, 7) is 8.92. The third kappa shape index (κ3) is 5.75. The fourth-order valence-corrected chi connectivity index (χ4v) is 7.13. The fraction of sp³-hybridized carbons (Fsp3) is 0.536. The van der Waals surface area contributed by atoms with Crippen molar-refractivity contribution in [2.45, 2.75) is 57.8 Å². The molecule has 0 radical (unpaired) electrons. The number of benzene rings is 1. The number of sulfone groups is 1. The molecule has 0 bridgehead atoms. The molecule has 4 heterocycles. The lowest BCUT2D eigenvalue weighted by molar-refractivity contribution is -0.00860. The van der Waals surface area contributed by atoms with Crippen molar-refractivity contribution in [3.8, 4) is 0 Å². The summed E-state index contributed by atoms with van der Waals surface area (Å²) in [7, 11) is -3.04. The Hall–Kier alpha value is -2.57.